The first kappa shape index (κ1) is 14.5. The zero-order valence-corrected chi connectivity index (χ0v) is 13.3. The minimum atomic E-state index is -0.479. The summed E-state index contributed by atoms with van der Waals surface area (Å²) in [6, 6.07) is 9.35. The van der Waals surface area contributed by atoms with Crippen LogP contribution in [0.2, 0.25) is 0 Å². The Hall–Kier alpha value is -2.41. The molecule has 0 fully saturated rings. The number of nitrogens with one attached hydrogen (secondary N) is 1. The van der Waals surface area contributed by atoms with E-state index in [1.807, 2.05) is 31.2 Å². The van der Waals surface area contributed by atoms with Crippen molar-refractivity contribution in [3.63, 3.8) is 0 Å². The number of ether oxygens (including phenoxy) is 1. The minimum absolute atomic E-state index is 0.0508. The monoisotopic (exact) mass is 361 g/mol. The number of esters is 1. The van der Waals surface area contributed by atoms with Crippen LogP contribution in [0.4, 0.5) is 0 Å². The van der Waals surface area contributed by atoms with E-state index in [1.165, 1.54) is 0 Å². The van der Waals surface area contributed by atoms with Gasteiger partial charge in [-0.3, -0.25) is 0 Å². The van der Waals surface area contributed by atoms with Crippen LogP contribution >= 0.6 is 15.9 Å². The maximum atomic E-state index is 11.8. The van der Waals surface area contributed by atoms with Crippen LogP contribution in [-0.4, -0.2) is 21.1 Å². The lowest BCUT2D eigenvalue weighted by Gasteiger charge is -1.98. The van der Waals surface area contributed by atoms with Crippen LogP contribution in [0, 0.1) is 6.92 Å². The molecule has 0 spiro atoms. The van der Waals surface area contributed by atoms with Gasteiger partial charge in [0.2, 0.25) is 5.82 Å². The van der Waals surface area contributed by atoms with Crippen molar-refractivity contribution < 1.29 is 14.1 Å². The first-order valence-corrected chi connectivity index (χ1v) is 7.32. The van der Waals surface area contributed by atoms with Gasteiger partial charge >= 0.3 is 5.97 Å². The number of halogens is 1. The van der Waals surface area contributed by atoms with Gasteiger partial charge < -0.3 is 14.2 Å². The third-order valence-electron chi connectivity index (χ3n) is 2.97. The predicted molar refractivity (Wildman–Crippen MR) is 82.1 cm³/mol. The molecule has 0 radical (unpaired) electrons. The van der Waals surface area contributed by atoms with Crippen LogP contribution in [0.1, 0.15) is 21.9 Å². The topological polar surface area (TPSA) is 81.0 Å². The summed E-state index contributed by atoms with van der Waals surface area (Å²) in [7, 11) is 0. The van der Waals surface area contributed by atoms with Crippen molar-refractivity contribution >= 4 is 21.9 Å². The molecule has 3 rings (SSSR count). The summed E-state index contributed by atoms with van der Waals surface area (Å²) in [5.74, 6) is 0.232. The fourth-order valence-corrected chi connectivity index (χ4v) is 2.16. The van der Waals surface area contributed by atoms with E-state index in [4.69, 9.17) is 9.26 Å². The van der Waals surface area contributed by atoms with E-state index in [1.54, 1.807) is 12.3 Å². The van der Waals surface area contributed by atoms with E-state index in [2.05, 4.69) is 31.1 Å². The lowest BCUT2D eigenvalue weighted by Crippen LogP contribution is -2.06. The highest BCUT2D eigenvalue weighted by Crippen LogP contribution is 2.18. The van der Waals surface area contributed by atoms with Crippen LogP contribution in [0.15, 0.2) is 45.5 Å². The van der Waals surface area contributed by atoms with Crippen molar-refractivity contribution in [2.45, 2.75) is 13.5 Å². The number of hydrogen-bond acceptors (Lipinski definition) is 5. The highest BCUT2D eigenvalue weighted by Gasteiger charge is 2.13. The van der Waals surface area contributed by atoms with E-state index >= 15 is 0 Å². The van der Waals surface area contributed by atoms with Crippen molar-refractivity contribution in [2.24, 2.45) is 0 Å². The summed E-state index contributed by atoms with van der Waals surface area (Å²) in [5, 5.41) is 3.80. The van der Waals surface area contributed by atoms with Gasteiger partial charge in [0, 0.05) is 16.2 Å². The number of benzene rings is 1. The van der Waals surface area contributed by atoms with Gasteiger partial charge in [0.15, 0.2) is 6.61 Å². The Bertz CT molecular complexity index is 792. The molecule has 0 aliphatic carbocycles. The molecule has 2 heterocycles. The molecule has 0 amide bonds. The van der Waals surface area contributed by atoms with E-state index < -0.39 is 5.97 Å². The third-order valence-corrected chi connectivity index (χ3v) is 3.42. The number of nitrogens with zero attached hydrogens (tertiary/aromatic N) is 2. The van der Waals surface area contributed by atoms with Crippen molar-refractivity contribution in [1.82, 2.24) is 15.1 Å². The third kappa shape index (κ3) is 3.25. The Labute approximate surface area is 134 Å². The van der Waals surface area contributed by atoms with Crippen molar-refractivity contribution in [2.75, 3.05) is 0 Å². The summed E-state index contributed by atoms with van der Waals surface area (Å²) in [6.45, 7) is 1.95. The predicted octanol–water partition coefficient (Wildman–Crippen LogP) is 3.49. The molecule has 22 heavy (non-hydrogen) atoms. The number of rotatable bonds is 4. The van der Waals surface area contributed by atoms with Crippen molar-refractivity contribution in [1.29, 1.82) is 0 Å². The number of aromatic nitrogens is 3. The van der Waals surface area contributed by atoms with Gasteiger partial charge in [-0.25, -0.2) is 4.79 Å². The van der Waals surface area contributed by atoms with Gasteiger partial charge in [0.1, 0.15) is 5.69 Å². The molecule has 0 atom stereocenters. The number of H-pyrrole nitrogens is 1. The Morgan fingerprint density at radius 3 is 2.82 bits per heavy atom. The van der Waals surface area contributed by atoms with Crippen LogP contribution in [0.3, 0.4) is 0 Å². The maximum Gasteiger partial charge on any atom is 0.355 e. The minimum Gasteiger partial charge on any atom is -0.453 e. The van der Waals surface area contributed by atoms with Crippen LogP contribution < -0.4 is 0 Å². The number of aryl methyl sites for hydroxylation is 1. The number of carbonyl (C=O) groups excluding carboxylic acids is 1. The quantitative estimate of drug-likeness (QED) is 0.719. The fraction of sp³-hybridized carbons (Fsp3) is 0.133. The molecular weight excluding hydrogens is 350 g/mol. The second-order valence-electron chi connectivity index (χ2n) is 4.69. The molecule has 0 aliphatic rings. The molecule has 0 saturated heterocycles. The highest BCUT2D eigenvalue weighted by molar-refractivity contribution is 9.10. The van der Waals surface area contributed by atoms with Gasteiger partial charge in [-0.05, 0) is 41.1 Å². The Balaban J connectivity index is 1.64. The first-order valence-electron chi connectivity index (χ1n) is 6.52. The van der Waals surface area contributed by atoms with Crippen molar-refractivity contribution in [3.8, 4) is 11.5 Å². The summed E-state index contributed by atoms with van der Waals surface area (Å²) < 4.78 is 11.1. The number of aromatic amines is 1. The molecule has 112 valence electrons. The molecular formula is C15H12BrN3O3. The van der Waals surface area contributed by atoms with Gasteiger partial charge in [-0.15, -0.1) is 0 Å². The smallest absolute Gasteiger partial charge is 0.355 e. The van der Waals surface area contributed by atoms with E-state index in [0.29, 0.717) is 17.4 Å². The second-order valence-corrected chi connectivity index (χ2v) is 5.61. The molecule has 6 nitrogen and oxygen atoms in total. The van der Waals surface area contributed by atoms with Crippen molar-refractivity contribution in [3.05, 3.63) is 58.1 Å². The first-order chi connectivity index (χ1) is 10.6. The lowest BCUT2D eigenvalue weighted by atomic mass is 10.1. The molecule has 3 aromatic rings. The molecule has 0 unspecified atom stereocenters. The molecule has 1 aromatic carbocycles. The molecule has 0 bridgehead atoms. The average molecular weight is 362 g/mol. The van der Waals surface area contributed by atoms with Crippen LogP contribution in [0.25, 0.3) is 11.5 Å². The maximum absolute atomic E-state index is 11.8. The van der Waals surface area contributed by atoms with E-state index in [9.17, 15) is 4.79 Å². The summed E-state index contributed by atoms with van der Waals surface area (Å²) >= 11 is 3.25. The molecule has 1 N–H and O–H groups in total. The average Bonchev–Trinajstić information content (AvgIpc) is 3.15. The van der Waals surface area contributed by atoms with Gasteiger partial charge in [-0.2, -0.15) is 4.98 Å². The Morgan fingerprint density at radius 2 is 2.14 bits per heavy atom. The number of hydrogen-bond donors (Lipinski definition) is 1. The van der Waals surface area contributed by atoms with Crippen LogP contribution in [0.5, 0.6) is 0 Å². The Morgan fingerprint density at radius 1 is 1.36 bits per heavy atom. The molecule has 2 aromatic heterocycles. The largest absolute Gasteiger partial charge is 0.453 e. The standard InChI is InChI=1S/C15H12BrN3O3/c1-9-2-4-10(5-3-9)14-18-13(19-22-14)8-21-15(20)12-6-11(16)7-17-12/h2-7,17H,8H2,1H3. The highest BCUT2D eigenvalue weighted by atomic mass is 79.9. The normalized spacial score (nSPS) is 10.6. The Kier molecular flexibility index (Phi) is 4.06. The second kappa shape index (κ2) is 6.15. The SMILES string of the molecule is Cc1ccc(-c2nc(COC(=O)c3cc(Br)c[nH]3)no2)cc1. The molecule has 7 heteroatoms. The fourth-order valence-electron chi connectivity index (χ4n) is 1.82. The van der Waals surface area contributed by atoms with E-state index in [0.717, 1.165) is 15.6 Å². The van der Waals surface area contributed by atoms with Crippen LogP contribution in [-0.2, 0) is 11.3 Å². The lowest BCUT2D eigenvalue weighted by molar-refractivity contribution is 0.0453. The summed E-state index contributed by atoms with van der Waals surface area (Å²) in [4.78, 5) is 18.8. The van der Waals surface area contributed by atoms with Gasteiger partial charge in [-0.1, -0.05) is 22.9 Å². The van der Waals surface area contributed by atoms with Gasteiger partial charge in [0.05, 0.1) is 0 Å². The zero-order valence-electron chi connectivity index (χ0n) is 11.7. The van der Waals surface area contributed by atoms with Gasteiger partial charge in [0.25, 0.3) is 5.89 Å². The van der Waals surface area contributed by atoms with E-state index in [-0.39, 0.29) is 6.61 Å². The molecule has 0 saturated carbocycles. The summed E-state index contributed by atoms with van der Waals surface area (Å²) in [6.07, 6.45) is 1.65. The molecule has 0 aliphatic heterocycles. The zero-order chi connectivity index (χ0) is 15.5. The summed E-state index contributed by atoms with van der Waals surface area (Å²) in [5.41, 5.74) is 2.33. The number of carbonyl (C=O) groups is 1.